The van der Waals surface area contributed by atoms with Crippen molar-refractivity contribution in [2.45, 2.75) is 48.1 Å². The number of Topliss-reactive ketones (excluding diaryl/α,β-unsaturated/α-hetero) is 2. The van der Waals surface area contributed by atoms with Crippen LogP contribution in [-0.2, 0) is 9.53 Å². The number of ketones is 2. The summed E-state index contributed by atoms with van der Waals surface area (Å²) in [5.41, 5.74) is 0. The number of carbonyl (C=O) groups is 2. The molecule has 0 aromatic carbocycles. The van der Waals surface area contributed by atoms with Gasteiger partial charge in [0.25, 0.3) is 0 Å². The summed E-state index contributed by atoms with van der Waals surface area (Å²) in [5.74, 6) is 0.0823. The fourth-order valence-electron chi connectivity index (χ4n) is 1.30. The predicted octanol–water partition coefficient (Wildman–Crippen LogP) is 4.22. The topological polar surface area (TPSA) is 43.4 Å². The quantitative estimate of drug-likeness (QED) is 0.729. The number of hydrogen-bond donors (Lipinski definition) is 0. The fraction of sp³-hybridized carbons (Fsp3) is 0.571. The highest BCUT2D eigenvalue weighted by atomic mass is 32.1. The maximum atomic E-state index is 11.7. The Morgan fingerprint density at radius 3 is 2.28 bits per heavy atom. The standard InChI is InChI=1S/C11H14O3S.3CH4/c1-8(12)6-9(14-2)7-10(13)11-4-3-5-15-11;;;/h3-5,9H,6-7H2,1-2H3;3*1H4. The van der Waals surface area contributed by atoms with Crippen LogP contribution in [-0.4, -0.2) is 24.8 Å². The van der Waals surface area contributed by atoms with Crippen LogP contribution in [0.5, 0.6) is 0 Å². The highest BCUT2D eigenvalue weighted by Crippen LogP contribution is 2.14. The number of methoxy groups -OCH3 is 1. The Kier molecular flexibility index (Phi) is 13.7. The molecule has 1 aromatic rings. The van der Waals surface area contributed by atoms with Crippen LogP contribution < -0.4 is 0 Å². The number of ether oxygens (including phenoxy) is 1. The minimum Gasteiger partial charge on any atom is -0.381 e. The first-order valence-corrected chi connectivity index (χ1v) is 5.60. The molecule has 1 rings (SSSR count). The van der Waals surface area contributed by atoms with Gasteiger partial charge in [-0.05, 0) is 18.4 Å². The van der Waals surface area contributed by atoms with E-state index in [1.54, 1.807) is 6.07 Å². The molecule has 0 saturated carbocycles. The SMILES string of the molecule is C.C.C.COC(CC(C)=O)CC(=O)c1cccs1. The van der Waals surface area contributed by atoms with Crippen LogP contribution >= 0.6 is 11.3 Å². The second-order valence-electron chi connectivity index (χ2n) is 3.37. The monoisotopic (exact) mass is 274 g/mol. The number of thiophene rings is 1. The van der Waals surface area contributed by atoms with E-state index in [4.69, 9.17) is 4.74 Å². The average molecular weight is 274 g/mol. The smallest absolute Gasteiger partial charge is 0.175 e. The zero-order chi connectivity index (χ0) is 11.3. The number of carbonyl (C=O) groups excluding carboxylic acids is 2. The van der Waals surface area contributed by atoms with Gasteiger partial charge in [-0.1, -0.05) is 28.3 Å². The van der Waals surface area contributed by atoms with E-state index >= 15 is 0 Å². The third-order valence-electron chi connectivity index (χ3n) is 2.06. The summed E-state index contributed by atoms with van der Waals surface area (Å²) in [5, 5.41) is 1.86. The summed E-state index contributed by atoms with van der Waals surface area (Å²) >= 11 is 1.41. The lowest BCUT2D eigenvalue weighted by Gasteiger charge is -2.11. The third kappa shape index (κ3) is 7.35. The van der Waals surface area contributed by atoms with Crippen LogP contribution in [0.1, 0.15) is 51.7 Å². The van der Waals surface area contributed by atoms with Crippen LogP contribution in [0, 0.1) is 0 Å². The van der Waals surface area contributed by atoms with E-state index in [1.165, 1.54) is 25.4 Å². The van der Waals surface area contributed by atoms with Crippen molar-refractivity contribution in [2.24, 2.45) is 0 Å². The summed E-state index contributed by atoms with van der Waals surface area (Å²) in [4.78, 5) is 23.3. The summed E-state index contributed by atoms with van der Waals surface area (Å²) in [7, 11) is 1.52. The summed E-state index contributed by atoms with van der Waals surface area (Å²) in [6.45, 7) is 1.50. The first-order valence-electron chi connectivity index (χ1n) is 4.72. The molecule has 0 N–H and O–H groups in total. The van der Waals surface area contributed by atoms with Crippen molar-refractivity contribution in [3.63, 3.8) is 0 Å². The molecule has 0 aliphatic rings. The molecular formula is C14H26O3S. The Balaban J connectivity index is -0.000000750. The van der Waals surface area contributed by atoms with Gasteiger partial charge in [0, 0.05) is 20.0 Å². The molecule has 0 saturated heterocycles. The van der Waals surface area contributed by atoms with Crippen molar-refractivity contribution in [3.8, 4) is 0 Å². The van der Waals surface area contributed by atoms with Crippen LogP contribution in [0.2, 0.25) is 0 Å². The fourth-order valence-corrected chi connectivity index (χ4v) is 1.98. The first-order chi connectivity index (χ1) is 7.13. The van der Waals surface area contributed by atoms with Crippen molar-refractivity contribution >= 4 is 22.9 Å². The molecular weight excluding hydrogens is 248 g/mol. The van der Waals surface area contributed by atoms with Gasteiger partial charge in [0.05, 0.1) is 11.0 Å². The van der Waals surface area contributed by atoms with E-state index in [9.17, 15) is 9.59 Å². The van der Waals surface area contributed by atoms with E-state index in [0.717, 1.165) is 4.88 Å². The maximum Gasteiger partial charge on any atom is 0.175 e. The largest absolute Gasteiger partial charge is 0.381 e. The van der Waals surface area contributed by atoms with Gasteiger partial charge in [0.2, 0.25) is 0 Å². The van der Waals surface area contributed by atoms with Gasteiger partial charge >= 0.3 is 0 Å². The molecule has 4 heteroatoms. The molecule has 3 nitrogen and oxygen atoms in total. The van der Waals surface area contributed by atoms with Crippen LogP contribution in [0.25, 0.3) is 0 Å². The molecule has 0 bridgehead atoms. The summed E-state index contributed by atoms with van der Waals surface area (Å²) in [6, 6.07) is 3.62. The molecule has 18 heavy (non-hydrogen) atoms. The van der Waals surface area contributed by atoms with Gasteiger partial charge < -0.3 is 4.74 Å². The predicted molar refractivity (Wildman–Crippen MR) is 79.6 cm³/mol. The normalized spacial score (nSPS) is 10.3. The molecule has 1 unspecified atom stereocenters. The highest BCUT2D eigenvalue weighted by Gasteiger charge is 2.16. The molecule has 0 aliphatic heterocycles. The minimum absolute atomic E-state index is 0. The summed E-state index contributed by atoms with van der Waals surface area (Å²) < 4.78 is 5.09. The van der Waals surface area contributed by atoms with Crippen molar-refractivity contribution in [3.05, 3.63) is 22.4 Å². The van der Waals surface area contributed by atoms with Crippen LogP contribution in [0.4, 0.5) is 0 Å². The van der Waals surface area contributed by atoms with Crippen molar-refractivity contribution in [2.75, 3.05) is 7.11 Å². The van der Waals surface area contributed by atoms with Gasteiger partial charge in [-0.2, -0.15) is 0 Å². The van der Waals surface area contributed by atoms with Gasteiger partial charge in [0.15, 0.2) is 5.78 Å². The molecule has 0 amide bonds. The lowest BCUT2D eigenvalue weighted by molar-refractivity contribution is -0.119. The van der Waals surface area contributed by atoms with Gasteiger partial charge in [-0.3, -0.25) is 9.59 Å². The molecule has 0 radical (unpaired) electrons. The molecule has 0 fully saturated rings. The van der Waals surface area contributed by atoms with Gasteiger partial charge in [-0.15, -0.1) is 11.3 Å². The van der Waals surface area contributed by atoms with Crippen LogP contribution in [0.15, 0.2) is 17.5 Å². The second-order valence-corrected chi connectivity index (χ2v) is 4.32. The second kappa shape index (κ2) is 11.1. The Morgan fingerprint density at radius 1 is 1.28 bits per heavy atom. The van der Waals surface area contributed by atoms with Crippen molar-refractivity contribution in [1.82, 2.24) is 0 Å². The zero-order valence-electron chi connectivity index (χ0n) is 8.86. The molecule has 106 valence electrons. The average Bonchev–Trinajstić information content (AvgIpc) is 2.68. The molecule has 0 aliphatic carbocycles. The lowest BCUT2D eigenvalue weighted by Crippen LogP contribution is -2.18. The van der Waals surface area contributed by atoms with E-state index < -0.39 is 0 Å². The van der Waals surface area contributed by atoms with Crippen LogP contribution in [0.3, 0.4) is 0 Å². The molecule has 1 heterocycles. The van der Waals surface area contributed by atoms with E-state index in [2.05, 4.69) is 0 Å². The molecule has 0 spiro atoms. The zero-order valence-corrected chi connectivity index (χ0v) is 9.67. The Labute approximate surface area is 115 Å². The van der Waals surface area contributed by atoms with Gasteiger partial charge in [-0.25, -0.2) is 0 Å². The number of hydrogen-bond acceptors (Lipinski definition) is 4. The van der Waals surface area contributed by atoms with E-state index in [0.29, 0.717) is 6.42 Å². The Morgan fingerprint density at radius 2 is 1.89 bits per heavy atom. The highest BCUT2D eigenvalue weighted by molar-refractivity contribution is 7.12. The molecule has 1 aromatic heterocycles. The van der Waals surface area contributed by atoms with Crippen molar-refractivity contribution < 1.29 is 14.3 Å². The Bertz CT molecular complexity index is 331. The van der Waals surface area contributed by atoms with Crippen molar-refractivity contribution in [1.29, 1.82) is 0 Å². The van der Waals surface area contributed by atoms with Gasteiger partial charge in [0.1, 0.15) is 5.78 Å². The third-order valence-corrected chi connectivity index (χ3v) is 2.97. The minimum atomic E-state index is -0.294. The lowest BCUT2D eigenvalue weighted by atomic mass is 10.1. The molecule has 1 atom stereocenters. The van der Waals surface area contributed by atoms with E-state index in [1.807, 2.05) is 11.4 Å². The van der Waals surface area contributed by atoms with E-state index in [-0.39, 0.29) is 46.4 Å². The number of rotatable bonds is 6. The maximum absolute atomic E-state index is 11.7. The first kappa shape index (κ1) is 22.2. The summed E-state index contributed by atoms with van der Waals surface area (Å²) in [6.07, 6.45) is 0.279. The Hall–Kier alpha value is -1.000.